The molecule has 230 valence electrons. The summed E-state index contributed by atoms with van der Waals surface area (Å²) < 4.78 is 0. The third-order valence-corrected chi connectivity index (χ3v) is 7.64. The fraction of sp³-hybridized carbons (Fsp3) is 0.516. The van der Waals surface area contributed by atoms with Crippen LogP contribution in [0.5, 0.6) is 0 Å². The molecular weight excluding hydrogens is 552 g/mol. The first-order valence-corrected chi connectivity index (χ1v) is 15.1. The minimum Gasteiger partial charge on any atom is -0.370 e. The molecule has 0 aromatic heterocycles. The van der Waals surface area contributed by atoms with Gasteiger partial charge >= 0.3 is 0 Å². The van der Waals surface area contributed by atoms with E-state index in [0.29, 0.717) is 38.8 Å². The first-order chi connectivity index (χ1) is 20.0. The Hall–Kier alpha value is -3.44. The Kier molecular flexibility index (Phi) is 15.0. The second kappa shape index (κ2) is 18.2. The van der Waals surface area contributed by atoms with Crippen LogP contribution in [0.15, 0.2) is 47.5 Å². The highest BCUT2D eigenvalue weighted by Crippen LogP contribution is 2.21. The third kappa shape index (κ3) is 11.8. The molecule has 0 spiro atoms. The predicted molar refractivity (Wildman–Crippen MR) is 171 cm³/mol. The second-order valence-electron chi connectivity index (χ2n) is 10.9. The van der Waals surface area contributed by atoms with Gasteiger partial charge in [0.25, 0.3) is 0 Å². The highest BCUT2D eigenvalue weighted by Gasteiger charge is 2.30. The van der Waals surface area contributed by atoms with Crippen LogP contribution in [0.3, 0.4) is 0 Å². The van der Waals surface area contributed by atoms with Gasteiger partial charge in [-0.2, -0.15) is 12.6 Å². The summed E-state index contributed by atoms with van der Waals surface area (Å²) in [6, 6.07) is 12.5. The van der Waals surface area contributed by atoms with Crippen molar-refractivity contribution < 1.29 is 19.2 Å². The number of nitrogens with zero attached hydrogens (tertiary/aromatic N) is 1. The van der Waals surface area contributed by atoms with Gasteiger partial charge in [-0.15, -0.1) is 0 Å². The van der Waals surface area contributed by atoms with Gasteiger partial charge in [-0.25, -0.2) is 0 Å². The molecule has 8 N–H and O–H groups in total. The summed E-state index contributed by atoms with van der Waals surface area (Å²) >= 11 is 4.33. The SMILES string of the molecule is CC(=O)N[C@@H](CCCCN)C(=O)CC(CS)C(=O)N[C@@H](CC(C)CN=C(N)N)C(=O)CCc1cccc2ccccc12. The number of hydrogen-bond acceptors (Lipinski definition) is 7. The molecule has 0 aliphatic rings. The number of fused-ring (bicyclic) bond motifs is 1. The lowest BCUT2D eigenvalue weighted by atomic mass is 9.92. The molecule has 4 atom stereocenters. The largest absolute Gasteiger partial charge is 0.370 e. The number of Topliss-reactive ketones (excluding diaryl/α,β-unsaturated/α-hetero) is 2. The molecule has 42 heavy (non-hydrogen) atoms. The number of ketones is 2. The van der Waals surface area contributed by atoms with Gasteiger partial charge in [-0.3, -0.25) is 24.2 Å². The summed E-state index contributed by atoms with van der Waals surface area (Å²) in [4.78, 5) is 55.8. The van der Waals surface area contributed by atoms with Crippen molar-refractivity contribution in [2.24, 2.45) is 34.0 Å². The predicted octanol–water partition coefficient (Wildman–Crippen LogP) is 2.26. The summed E-state index contributed by atoms with van der Waals surface area (Å²) in [7, 11) is 0. The number of carbonyl (C=O) groups excluding carboxylic acids is 4. The van der Waals surface area contributed by atoms with Gasteiger partial charge in [-0.05, 0) is 60.9 Å². The molecular formula is C31H46N6O4S. The minimum absolute atomic E-state index is 0.0430. The lowest BCUT2D eigenvalue weighted by Crippen LogP contribution is -2.47. The van der Waals surface area contributed by atoms with Gasteiger partial charge in [0.1, 0.15) is 0 Å². The number of nitrogens with two attached hydrogens (primary N) is 3. The number of aryl methyl sites for hydroxylation is 1. The molecule has 2 rings (SSSR count). The summed E-state index contributed by atoms with van der Waals surface area (Å²) in [5.74, 6) is -1.92. The van der Waals surface area contributed by atoms with E-state index in [2.05, 4.69) is 28.3 Å². The molecule has 2 unspecified atom stereocenters. The third-order valence-electron chi connectivity index (χ3n) is 7.20. The topological polar surface area (TPSA) is 183 Å². The summed E-state index contributed by atoms with van der Waals surface area (Å²) in [6.45, 7) is 4.05. The zero-order chi connectivity index (χ0) is 31.1. The van der Waals surface area contributed by atoms with Gasteiger partial charge in [0.2, 0.25) is 11.8 Å². The molecule has 11 heteroatoms. The number of benzene rings is 2. The minimum atomic E-state index is -0.787. The number of guanidine groups is 1. The second-order valence-corrected chi connectivity index (χ2v) is 11.2. The van der Waals surface area contributed by atoms with Crippen molar-refractivity contribution in [2.75, 3.05) is 18.8 Å². The Morgan fingerprint density at radius 2 is 1.67 bits per heavy atom. The van der Waals surface area contributed by atoms with Crippen molar-refractivity contribution in [1.29, 1.82) is 0 Å². The van der Waals surface area contributed by atoms with E-state index < -0.39 is 23.9 Å². The Labute approximate surface area is 254 Å². The highest BCUT2D eigenvalue weighted by molar-refractivity contribution is 7.80. The van der Waals surface area contributed by atoms with Gasteiger partial charge in [0.05, 0.1) is 18.0 Å². The number of unbranched alkanes of at least 4 members (excludes halogenated alkanes) is 1. The maximum Gasteiger partial charge on any atom is 0.224 e. The van der Waals surface area contributed by atoms with E-state index in [4.69, 9.17) is 17.2 Å². The average molecular weight is 599 g/mol. The van der Waals surface area contributed by atoms with Crippen molar-refractivity contribution in [3.05, 3.63) is 48.0 Å². The van der Waals surface area contributed by atoms with E-state index in [1.165, 1.54) is 6.92 Å². The van der Waals surface area contributed by atoms with Crippen LogP contribution in [0.2, 0.25) is 0 Å². The quantitative estimate of drug-likeness (QED) is 0.0620. The normalized spacial score (nSPS) is 13.9. The fourth-order valence-electron chi connectivity index (χ4n) is 4.92. The number of amides is 2. The van der Waals surface area contributed by atoms with Gasteiger partial charge < -0.3 is 27.8 Å². The Morgan fingerprint density at radius 1 is 0.952 bits per heavy atom. The zero-order valence-electron chi connectivity index (χ0n) is 24.7. The Morgan fingerprint density at radius 3 is 2.33 bits per heavy atom. The number of hydrogen-bond donors (Lipinski definition) is 6. The maximum atomic E-state index is 13.5. The molecule has 2 amide bonds. The maximum absolute atomic E-state index is 13.5. The van der Waals surface area contributed by atoms with Gasteiger partial charge in [-0.1, -0.05) is 49.4 Å². The lowest BCUT2D eigenvalue weighted by Gasteiger charge is -2.24. The highest BCUT2D eigenvalue weighted by atomic mass is 32.1. The van der Waals surface area contributed by atoms with Crippen LogP contribution in [0.1, 0.15) is 57.9 Å². The molecule has 0 aliphatic heterocycles. The molecule has 0 saturated heterocycles. The van der Waals surface area contributed by atoms with Crippen molar-refractivity contribution >= 4 is 52.7 Å². The van der Waals surface area contributed by atoms with Crippen molar-refractivity contribution in [1.82, 2.24) is 10.6 Å². The molecule has 2 aromatic rings. The first-order valence-electron chi connectivity index (χ1n) is 14.5. The average Bonchev–Trinajstić information content (AvgIpc) is 2.96. The molecule has 10 nitrogen and oxygen atoms in total. The van der Waals surface area contributed by atoms with E-state index in [0.717, 1.165) is 22.8 Å². The smallest absolute Gasteiger partial charge is 0.224 e. The number of carbonyl (C=O) groups is 4. The van der Waals surface area contributed by atoms with Crippen LogP contribution in [-0.4, -0.2) is 60.3 Å². The van der Waals surface area contributed by atoms with E-state index in [1.807, 2.05) is 49.4 Å². The molecule has 0 saturated carbocycles. The molecule has 0 aliphatic carbocycles. The zero-order valence-corrected chi connectivity index (χ0v) is 25.6. The monoisotopic (exact) mass is 598 g/mol. The molecule has 0 fully saturated rings. The summed E-state index contributed by atoms with van der Waals surface area (Å²) in [5.41, 5.74) is 17.6. The molecule has 0 heterocycles. The summed E-state index contributed by atoms with van der Waals surface area (Å²) in [5, 5.41) is 7.76. The van der Waals surface area contributed by atoms with Gasteiger partial charge in [0.15, 0.2) is 17.5 Å². The van der Waals surface area contributed by atoms with Crippen LogP contribution >= 0.6 is 12.6 Å². The number of rotatable bonds is 19. The number of aliphatic imine (C=N–C) groups is 1. The Balaban J connectivity index is 2.16. The van der Waals surface area contributed by atoms with E-state index in [9.17, 15) is 19.2 Å². The molecule has 0 bridgehead atoms. The lowest BCUT2D eigenvalue weighted by molar-refractivity contribution is -0.133. The van der Waals surface area contributed by atoms with Crippen molar-refractivity contribution in [3.63, 3.8) is 0 Å². The van der Waals surface area contributed by atoms with Crippen LogP contribution < -0.4 is 27.8 Å². The van der Waals surface area contributed by atoms with E-state index in [1.54, 1.807) is 0 Å². The van der Waals surface area contributed by atoms with Crippen LogP contribution in [0.4, 0.5) is 0 Å². The fourth-order valence-corrected chi connectivity index (χ4v) is 5.21. The van der Waals surface area contributed by atoms with Crippen molar-refractivity contribution in [2.45, 2.75) is 70.9 Å². The standard InChI is InChI=1S/C31H46N6O4S/c1-20(18-35-31(33)34)16-27(28(39)14-13-23-10-7-9-22-8-3-4-11-25(22)23)37-30(41)24(19-42)17-29(40)26(36-21(2)38)12-5-6-15-32/h3-4,7-11,20,24,26-27,42H,5-6,12-19,32H2,1-2H3,(H,36,38)(H,37,41)(H4,33,34,35)/t20?,24?,26-,27-/m0/s1. The van der Waals surface area contributed by atoms with Crippen LogP contribution in [-0.2, 0) is 25.6 Å². The van der Waals surface area contributed by atoms with E-state index in [-0.39, 0.29) is 47.9 Å². The first kappa shape index (κ1) is 34.8. The number of thiol groups is 1. The summed E-state index contributed by atoms with van der Waals surface area (Å²) in [6.07, 6.45) is 2.80. The van der Waals surface area contributed by atoms with E-state index >= 15 is 0 Å². The number of nitrogens with one attached hydrogen (secondary N) is 2. The van der Waals surface area contributed by atoms with Crippen LogP contribution in [0.25, 0.3) is 10.8 Å². The molecule has 0 radical (unpaired) electrons. The molecule has 2 aromatic carbocycles. The van der Waals surface area contributed by atoms with Crippen LogP contribution in [0, 0.1) is 11.8 Å². The Bertz CT molecular complexity index is 1230. The van der Waals surface area contributed by atoms with Crippen molar-refractivity contribution in [3.8, 4) is 0 Å². The van der Waals surface area contributed by atoms with Gasteiger partial charge in [0, 0.05) is 32.1 Å².